The molecule has 2 amide bonds. The fourth-order valence-corrected chi connectivity index (χ4v) is 3.51. The summed E-state index contributed by atoms with van der Waals surface area (Å²) >= 11 is 0. The van der Waals surface area contributed by atoms with E-state index in [0.717, 1.165) is 45.4 Å². The van der Waals surface area contributed by atoms with Crippen molar-refractivity contribution in [3.05, 3.63) is 29.8 Å². The molecule has 2 atom stereocenters. The minimum absolute atomic E-state index is 0.00840. The van der Waals surface area contributed by atoms with Gasteiger partial charge in [0.1, 0.15) is 0 Å². The van der Waals surface area contributed by atoms with Crippen molar-refractivity contribution in [2.24, 2.45) is 5.92 Å². The second kappa shape index (κ2) is 8.45. The number of carbonyl (C=O) groups excluding carboxylic acids is 2. The maximum atomic E-state index is 12.6. The van der Waals surface area contributed by atoms with Crippen molar-refractivity contribution < 1.29 is 14.3 Å². The van der Waals surface area contributed by atoms with Crippen LogP contribution in [0.2, 0.25) is 0 Å². The lowest BCUT2D eigenvalue weighted by atomic mass is 9.97. The van der Waals surface area contributed by atoms with E-state index >= 15 is 0 Å². The third kappa shape index (κ3) is 4.80. The first-order valence-electron chi connectivity index (χ1n) is 9.11. The van der Waals surface area contributed by atoms with E-state index in [9.17, 15) is 9.59 Å². The zero-order valence-corrected chi connectivity index (χ0v) is 14.8. The van der Waals surface area contributed by atoms with Crippen LogP contribution in [0.3, 0.4) is 0 Å². The summed E-state index contributed by atoms with van der Waals surface area (Å²) in [6, 6.07) is 7.17. The van der Waals surface area contributed by atoms with Gasteiger partial charge in [0.05, 0.1) is 23.3 Å². The molecule has 0 aromatic heterocycles. The monoisotopic (exact) mass is 345 g/mol. The Labute approximate surface area is 148 Å². The van der Waals surface area contributed by atoms with Gasteiger partial charge in [-0.15, -0.1) is 0 Å². The van der Waals surface area contributed by atoms with Crippen molar-refractivity contribution in [2.75, 3.05) is 38.6 Å². The van der Waals surface area contributed by atoms with Crippen molar-refractivity contribution in [3.63, 3.8) is 0 Å². The average Bonchev–Trinajstić information content (AvgIpc) is 3.13. The number of amides is 2. The molecule has 3 rings (SSSR count). The topological polar surface area (TPSA) is 70.7 Å². The number of hydrogen-bond acceptors (Lipinski definition) is 4. The highest BCUT2D eigenvalue weighted by molar-refractivity contribution is 6.04. The van der Waals surface area contributed by atoms with Gasteiger partial charge in [-0.2, -0.15) is 0 Å². The standard InChI is InChI=1S/C19H27N3O3/c1-22-10-4-6-14(13-22)18(23)21-17-9-3-2-8-16(17)19(24)20-12-15-7-5-11-25-15/h2-3,8-9,14-15H,4-7,10-13H2,1H3,(H,20,24)(H,21,23)/t14-,15-/m0/s1. The van der Waals surface area contributed by atoms with Gasteiger partial charge in [-0.25, -0.2) is 0 Å². The van der Waals surface area contributed by atoms with Crippen LogP contribution < -0.4 is 10.6 Å². The normalized spacial score (nSPS) is 24.0. The van der Waals surface area contributed by atoms with Crippen LogP contribution >= 0.6 is 0 Å². The van der Waals surface area contributed by atoms with Crippen molar-refractivity contribution >= 4 is 17.5 Å². The number of hydrogen-bond donors (Lipinski definition) is 2. The van der Waals surface area contributed by atoms with Crippen LogP contribution in [0.1, 0.15) is 36.0 Å². The Morgan fingerprint density at radius 1 is 1.24 bits per heavy atom. The Kier molecular flexibility index (Phi) is 6.04. The van der Waals surface area contributed by atoms with E-state index < -0.39 is 0 Å². The maximum Gasteiger partial charge on any atom is 0.253 e. The summed E-state index contributed by atoms with van der Waals surface area (Å²) in [6.45, 7) is 3.07. The maximum absolute atomic E-state index is 12.6. The molecule has 6 heteroatoms. The molecule has 2 saturated heterocycles. The van der Waals surface area contributed by atoms with E-state index in [0.29, 0.717) is 17.8 Å². The number of ether oxygens (including phenoxy) is 1. The van der Waals surface area contributed by atoms with Crippen molar-refractivity contribution in [2.45, 2.75) is 31.8 Å². The molecule has 0 unspecified atom stereocenters. The first-order valence-corrected chi connectivity index (χ1v) is 9.11. The fraction of sp³-hybridized carbons (Fsp3) is 0.579. The van der Waals surface area contributed by atoms with E-state index in [4.69, 9.17) is 4.74 Å². The molecule has 2 heterocycles. The summed E-state index contributed by atoms with van der Waals surface area (Å²) in [5.74, 6) is -0.208. The van der Waals surface area contributed by atoms with Gasteiger partial charge in [0.2, 0.25) is 5.91 Å². The summed E-state index contributed by atoms with van der Waals surface area (Å²) < 4.78 is 5.53. The third-order valence-corrected chi connectivity index (χ3v) is 4.94. The van der Waals surface area contributed by atoms with E-state index in [1.165, 1.54) is 0 Å². The highest BCUT2D eigenvalue weighted by Gasteiger charge is 2.25. The molecule has 2 N–H and O–H groups in total. The molecule has 1 aromatic carbocycles. The van der Waals surface area contributed by atoms with Gasteiger partial charge in [-0.1, -0.05) is 12.1 Å². The van der Waals surface area contributed by atoms with Gasteiger partial charge in [0.25, 0.3) is 5.91 Å². The minimum Gasteiger partial charge on any atom is -0.376 e. The SMILES string of the molecule is CN1CCC[C@H](C(=O)Nc2ccccc2C(=O)NC[C@@H]2CCCO2)C1. The second-order valence-corrected chi connectivity index (χ2v) is 6.98. The Bertz CT molecular complexity index is 614. The number of rotatable bonds is 5. The molecular formula is C19H27N3O3. The summed E-state index contributed by atoms with van der Waals surface area (Å²) in [4.78, 5) is 27.2. The van der Waals surface area contributed by atoms with Crippen LogP contribution in [0, 0.1) is 5.92 Å². The van der Waals surface area contributed by atoms with Crippen LogP contribution in [-0.4, -0.2) is 56.1 Å². The molecule has 2 fully saturated rings. The molecule has 6 nitrogen and oxygen atoms in total. The molecule has 0 bridgehead atoms. The smallest absolute Gasteiger partial charge is 0.253 e. The lowest BCUT2D eigenvalue weighted by Crippen LogP contribution is -2.39. The van der Waals surface area contributed by atoms with E-state index in [2.05, 4.69) is 15.5 Å². The van der Waals surface area contributed by atoms with Gasteiger partial charge >= 0.3 is 0 Å². The molecule has 0 spiro atoms. The number of carbonyl (C=O) groups is 2. The molecule has 25 heavy (non-hydrogen) atoms. The van der Waals surface area contributed by atoms with E-state index in [-0.39, 0.29) is 23.8 Å². The van der Waals surface area contributed by atoms with Crippen molar-refractivity contribution in [3.8, 4) is 0 Å². The predicted molar refractivity (Wildman–Crippen MR) is 96.6 cm³/mol. The average molecular weight is 345 g/mol. The fourth-order valence-electron chi connectivity index (χ4n) is 3.51. The number of anilines is 1. The number of para-hydroxylation sites is 1. The molecule has 2 aliphatic rings. The molecule has 0 saturated carbocycles. The van der Waals surface area contributed by atoms with Crippen LogP contribution in [-0.2, 0) is 9.53 Å². The number of likely N-dealkylation sites (tertiary alicyclic amines) is 1. The molecule has 2 aliphatic heterocycles. The van der Waals surface area contributed by atoms with Crippen LogP contribution in [0.4, 0.5) is 5.69 Å². The zero-order valence-electron chi connectivity index (χ0n) is 14.8. The van der Waals surface area contributed by atoms with Gasteiger partial charge in [-0.05, 0) is 51.4 Å². The predicted octanol–water partition coefficient (Wildman–Crippen LogP) is 1.88. The van der Waals surface area contributed by atoms with E-state index in [1.54, 1.807) is 12.1 Å². The Morgan fingerprint density at radius 3 is 2.84 bits per heavy atom. The highest BCUT2D eigenvalue weighted by atomic mass is 16.5. The molecular weight excluding hydrogens is 318 g/mol. The highest BCUT2D eigenvalue weighted by Crippen LogP contribution is 2.20. The van der Waals surface area contributed by atoms with Gasteiger partial charge in [0.15, 0.2) is 0 Å². The summed E-state index contributed by atoms with van der Waals surface area (Å²) in [5, 5.41) is 5.87. The zero-order chi connectivity index (χ0) is 17.6. The quantitative estimate of drug-likeness (QED) is 0.855. The van der Waals surface area contributed by atoms with Gasteiger partial charge < -0.3 is 20.3 Å². The third-order valence-electron chi connectivity index (χ3n) is 4.94. The molecule has 0 radical (unpaired) electrons. The Balaban J connectivity index is 1.61. The first-order chi connectivity index (χ1) is 12.1. The van der Waals surface area contributed by atoms with Gasteiger partial charge in [0, 0.05) is 19.7 Å². The summed E-state index contributed by atoms with van der Waals surface area (Å²) in [5.41, 5.74) is 1.07. The van der Waals surface area contributed by atoms with Crippen LogP contribution in [0.5, 0.6) is 0 Å². The van der Waals surface area contributed by atoms with Crippen LogP contribution in [0.25, 0.3) is 0 Å². The number of nitrogens with one attached hydrogen (secondary N) is 2. The van der Waals surface area contributed by atoms with Crippen molar-refractivity contribution in [1.29, 1.82) is 0 Å². The number of nitrogens with zero attached hydrogens (tertiary/aromatic N) is 1. The van der Waals surface area contributed by atoms with Crippen LogP contribution in [0.15, 0.2) is 24.3 Å². The summed E-state index contributed by atoms with van der Waals surface area (Å²) in [6.07, 6.45) is 4.04. The Morgan fingerprint density at radius 2 is 2.08 bits per heavy atom. The second-order valence-electron chi connectivity index (χ2n) is 6.98. The largest absolute Gasteiger partial charge is 0.376 e. The number of piperidine rings is 1. The lowest BCUT2D eigenvalue weighted by molar-refractivity contribution is -0.121. The van der Waals surface area contributed by atoms with Gasteiger partial charge in [-0.3, -0.25) is 9.59 Å². The minimum atomic E-state index is -0.174. The Hall–Kier alpha value is -1.92. The molecule has 1 aromatic rings. The summed E-state index contributed by atoms with van der Waals surface area (Å²) in [7, 11) is 2.03. The first kappa shape index (κ1) is 17.9. The van der Waals surface area contributed by atoms with E-state index in [1.807, 2.05) is 19.2 Å². The molecule has 136 valence electrons. The van der Waals surface area contributed by atoms with Crippen molar-refractivity contribution in [1.82, 2.24) is 10.2 Å². The lowest BCUT2D eigenvalue weighted by Gasteiger charge is -2.28. The number of benzene rings is 1. The molecule has 0 aliphatic carbocycles.